The lowest BCUT2D eigenvalue weighted by atomic mass is 9.58. The maximum absolute atomic E-state index is 13.9. The standard InChI is InChI=1S/C28H29N7O/c1-17-12-28(13-17,27-32-30-16-33(27)2)19-5-4-6-20(11-19)35-15-22(18-7-8-18)24-21(14-29-25(24)26(35)36)23-9-10-31-34(23)3/h4-6,9-11,14-18,29H,7-8,12-13H2,1-3H3/t17-,28+. The number of pyridine rings is 1. The Morgan fingerprint density at radius 2 is 1.97 bits per heavy atom. The summed E-state index contributed by atoms with van der Waals surface area (Å²) in [4.78, 5) is 17.2. The molecule has 0 saturated heterocycles. The minimum absolute atomic E-state index is 0.0327. The highest BCUT2D eigenvalue weighted by molar-refractivity contribution is 5.97. The number of aryl methyl sites for hydroxylation is 2. The van der Waals surface area contributed by atoms with Crippen molar-refractivity contribution in [2.45, 2.75) is 43.9 Å². The van der Waals surface area contributed by atoms with E-state index >= 15 is 0 Å². The topological polar surface area (TPSA) is 86.3 Å². The van der Waals surface area contributed by atoms with Gasteiger partial charge < -0.3 is 9.55 Å². The number of aromatic amines is 1. The van der Waals surface area contributed by atoms with Gasteiger partial charge in [-0.1, -0.05) is 19.1 Å². The van der Waals surface area contributed by atoms with Crippen LogP contribution in [0.4, 0.5) is 0 Å². The lowest BCUT2D eigenvalue weighted by Gasteiger charge is -2.46. The van der Waals surface area contributed by atoms with Gasteiger partial charge in [-0.25, -0.2) is 0 Å². The number of benzene rings is 1. The fourth-order valence-corrected chi connectivity index (χ4v) is 6.36. The maximum Gasteiger partial charge on any atom is 0.279 e. The van der Waals surface area contributed by atoms with Gasteiger partial charge >= 0.3 is 0 Å². The van der Waals surface area contributed by atoms with Crippen molar-refractivity contribution < 1.29 is 0 Å². The quantitative estimate of drug-likeness (QED) is 0.404. The average molecular weight is 480 g/mol. The lowest BCUT2D eigenvalue weighted by molar-refractivity contribution is 0.185. The van der Waals surface area contributed by atoms with Crippen LogP contribution in [0.2, 0.25) is 0 Å². The Kier molecular flexibility index (Phi) is 4.46. The second kappa shape index (κ2) is 7.53. The van der Waals surface area contributed by atoms with Crippen molar-refractivity contribution in [1.82, 2.24) is 34.1 Å². The molecule has 2 fully saturated rings. The van der Waals surface area contributed by atoms with Crippen LogP contribution in [-0.2, 0) is 19.5 Å². The Morgan fingerprint density at radius 1 is 1.14 bits per heavy atom. The Labute approximate surface area is 208 Å². The summed E-state index contributed by atoms with van der Waals surface area (Å²) in [6, 6.07) is 10.4. The number of H-pyrrole nitrogens is 1. The van der Waals surface area contributed by atoms with Crippen LogP contribution in [0.25, 0.3) is 27.8 Å². The SMILES string of the molecule is Cn1nccc1-c1c[nH]c2c(=O)n(-c3cccc([C@]4(c5nncn5C)C[C@@H](C)C4)c3)cc(C3CC3)c12. The van der Waals surface area contributed by atoms with E-state index < -0.39 is 0 Å². The number of nitrogens with one attached hydrogen (secondary N) is 1. The van der Waals surface area contributed by atoms with Gasteiger partial charge in [0.15, 0.2) is 0 Å². The molecule has 0 amide bonds. The lowest BCUT2D eigenvalue weighted by Crippen LogP contribution is -2.43. The first-order valence-corrected chi connectivity index (χ1v) is 12.7. The summed E-state index contributed by atoms with van der Waals surface area (Å²) in [5, 5.41) is 14.0. The second-order valence-corrected chi connectivity index (χ2v) is 10.7. The number of hydrogen-bond acceptors (Lipinski definition) is 4. The van der Waals surface area contributed by atoms with Crippen LogP contribution >= 0.6 is 0 Å². The van der Waals surface area contributed by atoms with Gasteiger partial charge in [-0.3, -0.25) is 14.0 Å². The highest BCUT2D eigenvalue weighted by Crippen LogP contribution is 2.51. The van der Waals surface area contributed by atoms with E-state index in [4.69, 9.17) is 0 Å². The predicted molar refractivity (Wildman–Crippen MR) is 138 cm³/mol. The Hall–Kier alpha value is -3.94. The Balaban J connectivity index is 1.41. The molecule has 2 aliphatic rings. The van der Waals surface area contributed by atoms with E-state index in [2.05, 4.69) is 51.6 Å². The number of aromatic nitrogens is 7. The smallest absolute Gasteiger partial charge is 0.279 e. The summed E-state index contributed by atoms with van der Waals surface area (Å²) in [7, 11) is 3.95. The summed E-state index contributed by atoms with van der Waals surface area (Å²) in [6.45, 7) is 2.28. The molecular weight excluding hydrogens is 450 g/mol. The van der Waals surface area contributed by atoms with Crippen LogP contribution in [0.15, 0.2) is 60.0 Å². The highest BCUT2D eigenvalue weighted by Gasteiger charge is 2.48. The van der Waals surface area contributed by atoms with Crippen LogP contribution in [0.3, 0.4) is 0 Å². The van der Waals surface area contributed by atoms with E-state index in [1.54, 1.807) is 12.5 Å². The first kappa shape index (κ1) is 21.4. The zero-order valence-electron chi connectivity index (χ0n) is 20.8. The Morgan fingerprint density at radius 3 is 2.64 bits per heavy atom. The molecule has 2 saturated carbocycles. The number of nitrogens with zero attached hydrogens (tertiary/aromatic N) is 6. The van der Waals surface area contributed by atoms with E-state index in [9.17, 15) is 4.79 Å². The number of fused-ring (bicyclic) bond motifs is 1. The molecule has 182 valence electrons. The molecule has 0 aliphatic heterocycles. The van der Waals surface area contributed by atoms with E-state index in [0.717, 1.165) is 53.8 Å². The van der Waals surface area contributed by atoms with E-state index in [1.165, 1.54) is 11.1 Å². The van der Waals surface area contributed by atoms with Gasteiger partial charge in [0.25, 0.3) is 5.56 Å². The first-order valence-electron chi connectivity index (χ1n) is 12.7. The third kappa shape index (κ3) is 3.00. The maximum atomic E-state index is 13.9. The van der Waals surface area contributed by atoms with Crippen LogP contribution < -0.4 is 5.56 Å². The molecule has 0 atom stereocenters. The van der Waals surface area contributed by atoms with Crippen molar-refractivity contribution in [3.05, 3.63) is 82.6 Å². The molecule has 1 N–H and O–H groups in total. The molecule has 2 aliphatic carbocycles. The van der Waals surface area contributed by atoms with Crippen LogP contribution in [-0.4, -0.2) is 34.1 Å². The summed E-state index contributed by atoms with van der Waals surface area (Å²) < 4.78 is 5.72. The van der Waals surface area contributed by atoms with Crippen molar-refractivity contribution in [2.24, 2.45) is 20.0 Å². The van der Waals surface area contributed by atoms with Gasteiger partial charge in [-0.05, 0) is 66.8 Å². The summed E-state index contributed by atoms with van der Waals surface area (Å²) in [6.07, 6.45) is 11.9. The zero-order chi connectivity index (χ0) is 24.6. The average Bonchev–Trinajstić information content (AvgIpc) is 3.22. The molecule has 36 heavy (non-hydrogen) atoms. The third-order valence-electron chi connectivity index (χ3n) is 8.19. The molecule has 8 heteroatoms. The van der Waals surface area contributed by atoms with Gasteiger partial charge in [0, 0.05) is 49.3 Å². The minimum Gasteiger partial charge on any atom is -0.356 e. The van der Waals surface area contributed by atoms with Crippen molar-refractivity contribution in [3.63, 3.8) is 0 Å². The third-order valence-corrected chi connectivity index (χ3v) is 8.19. The Bertz CT molecular complexity index is 1670. The largest absolute Gasteiger partial charge is 0.356 e. The van der Waals surface area contributed by atoms with Crippen molar-refractivity contribution in [2.75, 3.05) is 0 Å². The number of rotatable bonds is 5. The van der Waals surface area contributed by atoms with E-state index in [1.807, 2.05) is 46.2 Å². The molecule has 0 radical (unpaired) electrons. The predicted octanol–water partition coefficient (Wildman–Crippen LogP) is 4.44. The normalized spacial score (nSPS) is 21.7. The van der Waals surface area contributed by atoms with Crippen molar-refractivity contribution >= 4 is 10.9 Å². The zero-order valence-corrected chi connectivity index (χ0v) is 20.8. The fraction of sp³-hybridized carbons (Fsp3) is 0.357. The van der Waals surface area contributed by atoms with Crippen molar-refractivity contribution in [1.29, 1.82) is 0 Å². The van der Waals surface area contributed by atoms with Gasteiger partial charge in [-0.15, -0.1) is 10.2 Å². The minimum atomic E-state index is -0.174. The van der Waals surface area contributed by atoms with Crippen LogP contribution in [0.1, 0.15) is 55.5 Å². The molecule has 0 unspecified atom stereocenters. The second-order valence-electron chi connectivity index (χ2n) is 10.7. The van der Waals surface area contributed by atoms with E-state index in [-0.39, 0.29) is 11.0 Å². The summed E-state index contributed by atoms with van der Waals surface area (Å²) in [5.41, 5.74) is 5.80. The first-order chi connectivity index (χ1) is 17.5. The van der Waals surface area contributed by atoms with E-state index in [0.29, 0.717) is 17.4 Å². The van der Waals surface area contributed by atoms with Crippen LogP contribution in [0, 0.1) is 5.92 Å². The number of hydrogen-bond donors (Lipinski definition) is 1. The molecule has 1 aromatic carbocycles. The van der Waals surface area contributed by atoms with Gasteiger partial charge in [0.2, 0.25) is 0 Å². The molecule has 8 nitrogen and oxygen atoms in total. The van der Waals surface area contributed by atoms with Crippen LogP contribution in [0.5, 0.6) is 0 Å². The van der Waals surface area contributed by atoms with Gasteiger partial charge in [-0.2, -0.15) is 5.10 Å². The fourth-order valence-electron chi connectivity index (χ4n) is 6.36. The summed E-state index contributed by atoms with van der Waals surface area (Å²) >= 11 is 0. The molecule has 4 heterocycles. The highest BCUT2D eigenvalue weighted by atomic mass is 16.1. The molecular formula is C28H29N7O. The van der Waals surface area contributed by atoms with Gasteiger partial charge in [0.05, 0.1) is 11.1 Å². The molecule has 0 bridgehead atoms. The molecule has 4 aromatic heterocycles. The monoisotopic (exact) mass is 479 g/mol. The molecule has 0 spiro atoms. The van der Waals surface area contributed by atoms with Crippen molar-refractivity contribution in [3.8, 4) is 16.9 Å². The molecule has 7 rings (SSSR count). The van der Waals surface area contributed by atoms with Gasteiger partial charge in [0.1, 0.15) is 17.7 Å². The summed E-state index contributed by atoms with van der Waals surface area (Å²) in [5.74, 6) is 2.09. The molecule has 5 aromatic rings.